The smallest absolute Gasteiger partial charge is 0.346 e. The molecule has 0 bridgehead atoms. The number of hydrogen-bond acceptors (Lipinski definition) is 3. The first kappa shape index (κ1) is 10.3. The van der Waals surface area contributed by atoms with Crippen molar-refractivity contribution in [2.75, 3.05) is 5.73 Å². The van der Waals surface area contributed by atoms with Crippen molar-refractivity contribution < 1.29 is 9.90 Å². The van der Waals surface area contributed by atoms with E-state index in [1.807, 2.05) is 0 Å². The van der Waals surface area contributed by atoms with Crippen molar-refractivity contribution in [3.63, 3.8) is 0 Å². The van der Waals surface area contributed by atoms with Gasteiger partial charge in [0.1, 0.15) is 4.88 Å². The summed E-state index contributed by atoms with van der Waals surface area (Å²) in [5.74, 6) is -0.904. The third-order valence-corrected chi connectivity index (χ3v) is 2.36. The molecule has 62 valence electrons. The number of carboxylic acids is 1. The molecule has 0 aliphatic heterocycles. The van der Waals surface area contributed by atoms with E-state index in [9.17, 15) is 4.79 Å². The third-order valence-electron chi connectivity index (χ3n) is 1.27. The van der Waals surface area contributed by atoms with Crippen molar-refractivity contribution in [3.8, 4) is 0 Å². The molecule has 0 fully saturated rings. The zero-order valence-corrected chi connectivity index (χ0v) is 7.46. The van der Waals surface area contributed by atoms with Gasteiger partial charge in [-0.3, -0.25) is 0 Å². The number of rotatable bonds is 1. The van der Waals surface area contributed by atoms with Crippen molar-refractivity contribution in [3.05, 3.63) is 15.8 Å². The first-order valence-corrected chi connectivity index (χ1v) is 3.57. The number of carbonyl (C=O) groups is 1. The maximum atomic E-state index is 10.4. The van der Waals surface area contributed by atoms with Crippen LogP contribution in [0.5, 0.6) is 0 Å². The lowest BCUT2D eigenvalue weighted by Crippen LogP contribution is -1.95. The van der Waals surface area contributed by atoms with Crippen LogP contribution in [0.25, 0.3) is 0 Å². The lowest BCUT2D eigenvalue weighted by atomic mass is 10.2. The van der Waals surface area contributed by atoms with Crippen LogP contribution in [-0.4, -0.2) is 11.1 Å². The standard InChI is InChI=1S/C6H7NO2S.ClH/c1-3-4(7)2-10-5(3)6(8)9;/h2H,7H2,1H3,(H,8,9);1H. The van der Waals surface area contributed by atoms with E-state index in [1.165, 1.54) is 0 Å². The van der Waals surface area contributed by atoms with E-state index in [0.29, 0.717) is 16.1 Å². The van der Waals surface area contributed by atoms with Gasteiger partial charge in [0.2, 0.25) is 0 Å². The Labute approximate surface area is 74.3 Å². The second-order valence-corrected chi connectivity index (χ2v) is 2.83. The Kier molecular flexibility index (Phi) is 3.35. The van der Waals surface area contributed by atoms with Gasteiger partial charge in [0.05, 0.1) is 0 Å². The van der Waals surface area contributed by atoms with Crippen LogP contribution in [-0.2, 0) is 0 Å². The number of carboxylic acid groups (broad SMARTS) is 1. The summed E-state index contributed by atoms with van der Waals surface area (Å²) in [6.45, 7) is 1.70. The number of nitrogens with two attached hydrogens (primary N) is 1. The first-order valence-electron chi connectivity index (χ1n) is 2.69. The van der Waals surface area contributed by atoms with Crippen molar-refractivity contribution in [1.82, 2.24) is 0 Å². The molecule has 0 atom stereocenters. The van der Waals surface area contributed by atoms with Crippen LogP contribution in [0.3, 0.4) is 0 Å². The minimum Gasteiger partial charge on any atom is -0.477 e. The van der Waals surface area contributed by atoms with E-state index >= 15 is 0 Å². The molecule has 0 aromatic carbocycles. The topological polar surface area (TPSA) is 63.3 Å². The fraction of sp³-hybridized carbons (Fsp3) is 0.167. The summed E-state index contributed by atoms with van der Waals surface area (Å²) >= 11 is 1.16. The highest BCUT2D eigenvalue weighted by molar-refractivity contribution is 7.12. The number of anilines is 1. The molecule has 0 saturated carbocycles. The number of halogens is 1. The summed E-state index contributed by atoms with van der Waals surface area (Å²) in [6, 6.07) is 0. The van der Waals surface area contributed by atoms with E-state index < -0.39 is 5.97 Å². The van der Waals surface area contributed by atoms with Gasteiger partial charge in [-0.05, 0) is 12.5 Å². The molecule has 0 aliphatic rings. The maximum absolute atomic E-state index is 10.4. The van der Waals surface area contributed by atoms with E-state index in [2.05, 4.69) is 0 Å². The average Bonchev–Trinajstić information content (AvgIpc) is 2.14. The Bertz CT molecular complexity index is 272. The van der Waals surface area contributed by atoms with Gasteiger partial charge in [0.15, 0.2) is 0 Å². The summed E-state index contributed by atoms with van der Waals surface area (Å²) in [5, 5.41) is 10.2. The molecular formula is C6H8ClNO2S. The molecule has 0 unspecified atom stereocenters. The van der Waals surface area contributed by atoms with Crippen LogP contribution >= 0.6 is 23.7 Å². The lowest BCUT2D eigenvalue weighted by Gasteiger charge is -1.90. The first-order chi connectivity index (χ1) is 4.63. The minimum atomic E-state index is -0.904. The fourth-order valence-electron chi connectivity index (χ4n) is 0.641. The van der Waals surface area contributed by atoms with Gasteiger partial charge < -0.3 is 10.8 Å². The Morgan fingerprint density at radius 3 is 2.45 bits per heavy atom. The molecule has 1 heterocycles. The van der Waals surface area contributed by atoms with Crippen LogP contribution in [0.15, 0.2) is 5.38 Å². The van der Waals surface area contributed by atoms with Crippen LogP contribution in [0.4, 0.5) is 5.69 Å². The second kappa shape index (κ2) is 3.59. The normalized spacial score (nSPS) is 8.82. The summed E-state index contributed by atoms with van der Waals surface area (Å²) in [7, 11) is 0. The summed E-state index contributed by atoms with van der Waals surface area (Å²) < 4.78 is 0. The number of nitrogen functional groups attached to an aromatic ring is 1. The van der Waals surface area contributed by atoms with E-state index in [1.54, 1.807) is 12.3 Å². The van der Waals surface area contributed by atoms with Crippen LogP contribution in [0.2, 0.25) is 0 Å². The Morgan fingerprint density at radius 2 is 2.27 bits per heavy atom. The van der Waals surface area contributed by atoms with Gasteiger partial charge >= 0.3 is 5.97 Å². The van der Waals surface area contributed by atoms with Gasteiger partial charge in [0.25, 0.3) is 0 Å². The molecule has 1 aromatic rings. The van der Waals surface area contributed by atoms with Gasteiger partial charge in [0, 0.05) is 11.1 Å². The highest BCUT2D eigenvalue weighted by Crippen LogP contribution is 2.22. The van der Waals surface area contributed by atoms with Crippen molar-refractivity contribution >= 4 is 35.4 Å². The van der Waals surface area contributed by atoms with Crippen LogP contribution < -0.4 is 5.73 Å². The maximum Gasteiger partial charge on any atom is 0.346 e. The molecule has 3 N–H and O–H groups in total. The minimum absolute atomic E-state index is 0. The molecule has 3 nitrogen and oxygen atoms in total. The van der Waals surface area contributed by atoms with Crippen molar-refractivity contribution in [1.29, 1.82) is 0 Å². The third kappa shape index (κ3) is 1.85. The Balaban J connectivity index is 0.000001000. The van der Waals surface area contributed by atoms with Crippen molar-refractivity contribution in [2.45, 2.75) is 6.92 Å². The Morgan fingerprint density at radius 1 is 1.73 bits per heavy atom. The number of thiophene rings is 1. The number of aromatic carboxylic acids is 1. The molecule has 1 rings (SSSR count). The quantitative estimate of drug-likeness (QED) is 0.715. The second-order valence-electron chi connectivity index (χ2n) is 1.95. The predicted molar refractivity (Wildman–Crippen MR) is 47.7 cm³/mol. The molecule has 0 saturated heterocycles. The summed E-state index contributed by atoms with van der Waals surface area (Å²) in [5.41, 5.74) is 6.65. The highest BCUT2D eigenvalue weighted by Gasteiger charge is 2.10. The van der Waals surface area contributed by atoms with Gasteiger partial charge in [-0.15, -0.1) is 23.7 Å². The monoisotopic (exact) mass is 193 g/mol. The molecule has 0 aliphatic carbocycles. The van der Waals surface area contributed by atoms with E-state index in [0.717, 1.165) is 11.3 Å². The lowest BCUT2D eigenvalue weighted by molar-refractivity contribution is 0.0701. The van der Waals surface area contributed by atoms with E-state index in [-0.39, 0.29) is 12.4 Å². The van der Waals surface area contributed by atoms with Gasteiger partial charge in [-0.2, -0.15) is 0 Å². The molecule has 0 radical (unpaired) electrons. The van der Waals surface area contributed by atoms with E-state index in [4.69, 9.17) is 10.8 Å². The molecule has 0 spiro atoms. The summed E-state index contributed by atoms with van der Waals surface area (Å²) in [4.78, 5) is 10.7. The largest absolute Gasteiger partial charge is 0.477 e. The fourth-order valence-corrected chi connectivity index (χ4v) is 1.46. The molecule has 0 amide bonds. The zero-order chi connectivity index (χ0) is 7.72. The SMILES string of the molecule is Cc1c(N)csc1C(=O)O.Cl. The predicted octanol–water partition coefficient (Wildman–Crippen LogP) is 1.76. The highest BCUT2D eigenvalue weighted by atomic mass is 35.5. The molecule has 11 heavy (non-hydrogen) atoms. The van der Waals surface area contributed by atoms with Gasteiger partial charge in [-0.1, -0.05) is 0 Å². The van der Waals surface area contributed by atoms with Crippen LogP contribution in [0, 0.1) is 6.92 Å². The average molecular weight is 194 g/mol. The summed E-state index contributed by atoms with van der Waals surface area (Å²) in [6.07, 6.45) is 0. The van der Waals surface area contributed by atoms with Gasteiger partial charge in [-0.25, -0.2) is 4.79 Å². The Hall–Kier alpha value is -0.740. The number of hydrogen-bond donors (Lipinski definition) is 2. The molecule has 5 heteroatoms. The zero-order valence-electron chi connectivity index (χ0n) is 5.83. The molecular weight excluding hydrogens is 186 g/mol. The molecule has 1 aromatic heterocycles. The van der Waals surface area contributed by atoms with Crippen molar-refractivity contribution in [2.24, 2.45) is 0 Å². The van der Waals surface area contributed by atoms with Crippen LogP contribution in [0.1, 0.15) is 15.2 Å².